The quantitative estimate of drug-likeness (QED) is 0.836. The van der Waals surface area contributed by atoms with Gasteiger partial charge in [-0.1, -0.05) is 0 Å². The monoisotopic (exact) mass is 261 g/mol. The van der Waals surface area contributed by atoms with E-state index in [1.54, 1.807) is 7.11 Å². The number of anilines is 1. The van der Waals surface area contributed by atoms with Crippen LogP contribution in [0.2, 0.25) is 0 Å². The van der Waals surface area contributed by atoms with Gasteiger partial charge in [0.25, 0.3) is 0 Å². The fraction of sp³-hybridized carbons (Fsp3) is 0.562. The van der Waals surface area contributed by atoms with E-state index in [0.29, 0.717) is 11.8 Å². The van der Waals surface area contributed by atoms with E-state index in [0.717, 1.165) is 31.4 Å². The third-order valence-electron chi connectivity index (χ3n) is 4.37. The van der Waals surface area contributed by atoms with Gasteiger partial charge in [0.15, 0.2) is 0 Å². The Kier molecular flexibility index (Phi) is 4.13. The molecular formula is C16H23NO2. The van der Waals surface area contributed by atoms with Crippen LogP contribution in [0.5, 0.6) is 5.75 Å². The van der Waals surface area contributed by atoms with Crippen molar-refractivity contribution in [2.24, 2.45) is 0 Å². The van der Waals surface area contributed by atoms with Crippen molar-refractivity contribution >= 4 is 11.5 Å². The van der Waals surface area contributed by atoms with E-state index in [2.05, 4.69) is 31.9 Å². The standard InChI is InChI=1S/C16H23NO2/c1-11-12(2)16(19-4)10-9-15(11)17(3)13-5-7-14(18)8-6-13/h9-10,13H,5-8H2,1-4H3. The number of nitrogens with zero attached hydrogens (tertiary/aromatic N) is 1. The molecule has 1 aromatic rings. The van der Waals surface area contributed by atoms with Gasteiger partial charge < -0.3 is 9.64 Å². The van der Waals surface area contributed by atoms with Crippen molar-refractivity contribution in [1.29, 1.82) is 0 Å². The maximum absolute atomic E-state index is 11.3. The van der Waals surface area contributed by atoms with E-state index in [1.165, 1.54) is 16.8 Å². The fourth-order valence-electron chi connectivity index (χ4n) is 2.89. The minimum atomic E-state index is 0.410. The highest BCUT2D eigenvalue weighted by molar-refractivity contribution is 5.79. The van der Waals surface area contributed by atoms with Gasteiger partial charge in [-0.05, 0) is 49.9 Å². The summed E-state index contributed by atoms with van der Waals surface area (Å²) in [5.41, 5.74) is 3.70. The zero-order chi connectivity index (χ0) is 14.0. The summed E-state index contributed by atoms with van der Waals surface area (Å²) >= 11 is 0. The van der Waals surface area contributed by atoms with Crippen molar-refractivity contribution in [2.75, 3.05) is 19.1 Å². The average molecular weight is 261 g/mol. The summed E-state index contributed by atoms with van der Waals surface area (Å²) in [6.45, 7) is 4.23. The van der Waals surface area contributed by atoms with Gasteiger partial charge in [0.2, 0.25) is 0 Å². The Morgan fingerprint density at radius 1 is 1.16 bits per heavy atom. The maximum Gasteiger partial charge on any atom is 0.133 e. The number of rotatable bonds is 3. The van der Waals surface area contributed by atoms with E-state index >= 15 is 0 Å². The molecule has 2 rings (SSSR count). The molecule has 0 bridgehead atoms. The van der Waals surface area contributed by atoms with Gasteiger partial charge in [-0.2, -0.15) is 0 Å². The van der Waals surface area contributed by atoms with Gasteiger partial charge in [-0.25, -0.2) is 0 Å². The molecule has 0 unspecified atom stereocenters. The Morgan fingerprint density at radius 2 is 1.79 bits per heavy atom. The first kappa shape index (κ1) is 13.9. The second kappa shape index (κ2) is 5.64. The molecule has 0 radical (unpaired) electrons. The molecule has 0 aliphatic heterocycles. The van der Waals surface area contributed by atoms with Crippen LogP contribution in [-0.2, 0) is 4.79 Å². The number of methoxy groups -OCH3 is 1. The molecule has 1 fully saturated rings. The van der Waals surface area contributed by atoms with Crippen molar-refractivity contribution in [1.82, 2.24) is 0 Å². The van der Waals surface area contributed by atoms with Gasteiger partial charge in [-0.3, -0.25) is 4.79 Å². The smallest absolute Gasteiger partial charge is 0.133 e. The number of ketones is 1. The van der Waals surface area contributed by atoms with Crippen molar-refractivity contribution < 1.29 is 9.53 Å². The third kappa shape index (κ3) is 2.75. The van der Waals surface area contributed by atoms with Gasteiger partial charge >= 0.3 is 0 Å². The normalized spacial score (nSPS) is 16.5. The first-order chi connectivity index (χ1) is 9.04. The Balaban J connectivity index is 2.22. The molecule has 3 heteroatoms. The van der Waals surface area contributed by atoms with Gasteiger partial charge in [-0.15, -0.1) is 0 Å². The van der Waals surface area contributed by atoms with Crippen LogP contribution in [0.15, 0.2) is 12.1 Å². The summed E-state index contributed by atoms with van der Waals surface area (Å²) in [6, 6.07) is 4.63. The Bertz CT molecular complexity index is 472. The van der Waals surface area contributed by atoms with E-state index in [4.69, 9.17) is 4.74 Å². The van der Waals surface area contributed by atoms with Crippen LogP contribution in [0, 0.1) is 13.8 Å². The first-order valence-electron chi connectivity index (χ1n) is 6.93. The lowest BCUT2D eigenvalue weighted by Gasteiger charge is -2.34. The molecule has 0 N–H and O–H groups in total. The number of benzene rings is 1. The first-order valence-corrected chi connectivity index (χ1v) is 6.93. The average Bonchev–Trinajstić information content (AvgIpc) is 2.42. The van der Waals surface area contributed by atoms with Crippen LogP contribution in [0.4, 0.5) is 5.69 Å². The molecule has 0 saturated heterocycles. The molecule has 0 spiro atoms. The number of carbonyl (C=O) groups is 1. The molecule has 0 aromatic heterocycles. The topological polar surface area (TPSA) is 29.5 Å². The van der Waals surface area contributed by atoms with Crippen LogP contribution in [0.3, 0.4) is 0 Å². The zero-order valence-corrected chi connectivity index (χ0v) is 12.3. The molecule has 3 nitrogen and oxygen atoms in total. The van der Waals surface area contributed by atoms with E-state index in [1.807, 2.05) is 6.07 Å². The zero-order valence-electron chi connectivity index (χ0n) is 12.3. The van der Waals surface area contributed by atoms with Crippen molar-refractivity contribution in [3.05, 3.63) is 23.3 Å². The van der Waals surface area contributed by atoms with Crippen LogP contribution in [-0.4, -0.2) is 26.0 Å². The number of Topliss-reactive ketones (excluding diaryl/α,β-unsaturated/α-hetero) is 1. The molecule has 1 saturated carbocycles. The second-order valence-corrected chi connectivity index (χ2v) is 5.42. The molecule has 0 atom stereocenters. The highest BCUT2D eigenvalue weighted by atomic mass is 16.5. The summed E-state index contributed by atoms with van der Waals surface area (Å²) in [4.78, 5) is 13.7. The lowest BCUT2D eigenvalue weighted by Crippen LogP contribution is -2.35. The Hall–Kier alpha value is -1.51. The number of hydrogen-bond donors (Lipinski definition) is 0. The molecular weight excluding hydrogens is 238 g/mol. The Morgan fingerprint density at radius 3 is 2.37 bits per heavy atom. The summed E-state index contributed by atoms with van der Waals surface area (Å²) in [5.74, 6) is 1.35. The van der Waals surface area contributed by atoms with Crippen LogP contribution in [0.25, 0.3) is 0 Å². The van der Waals surface area contributed by atoms with Crippen molar-refractivity contribution in [3.63, 3.8) is 0 Å². The Labute approximate surface area is 115 Å². The molecule has 1 aliphatic carbocycles. The predicted octanol–water partition coefficient (Wildman–Crippen LogP) is 3.26. The van der Waals surface area contributed by atoms with E-state index in [9.17, 15) is 4.79 Å². The maximum atomic E-state index is 11.3. The summed E-state index contributed by atoms with van der Waals surface area (Å²) in [6.07, 6.45) is 3.39. The second-order valence-electron chi connectivity index (χ2n) is 5.42. The number of ether oxygens (including phenoxy) is 1. The summed E-state index contributed by atoms with van der Waals surface area (Å²) in [7, 11) is 3.84. The minimum Gasteiger partial charge on any atom is -0.496 e. The van der Waals surface area contributed by atoms with Gasteiger partial charge in [0.05, 0.1) is 7.11 Å². The van der Waals surface area contributed by atoms with Gasteiger partial charge in [0, 0.05) is 31.6 Å². The largest absolute Gasteiger partial charge is 0.496 e. The lowest BCUT2D eigenvalue weighted by atomic mass is 9.92. The molecule has 104 valence electrons. The van der Waals surface area contributed by atoms with Crippen LogP contribution >= 0.6 is 0 Å². The molecule has 0 heterocycles. The number of carbonyl (C=O) groups excluding carboxylic acids is 1. The van der Waals surface area contributed by atoms with Gasteiger partial charge in [0.1, 0.15) is 11.5 Å². The van der Waals surface area contributed by atoms with Crippen LogP contribution in [0.1, 0.15) is 36.8 Å². The van der Waals surface area contributed by atoms with E-state index < -0.39 is 0 Å². The highest BCUT2D eigenvalue weighted by Crippen LogP contribution is 2.32. The number of hydrogen-bond acceptors (Lipinski definition) is 3. The van der Waals surface area contributed by atoms with Crippen molar-refractivity contribution in [3.8, 4) is 5.75 Å². The lowest BCUT2D eigenvalue weighted by molar-refractivity contribution is -0.120. The third-order valence-corrected chi connectivity index (χ3v) is 4.37. The van der Waals surface area contributed by atoms with Crippen LogP contribution < -0.4 is 9.64 Å². The highest BCUT2D eigenvalue weighted by Gasteiger charge is 2.23. The predicted molar refractivity (Wildman–Crippen MR) is 78.1 cm³/mol. The minimum absolute atomic E-state index is 0.410. The molecule has 1 aliphatic rings. The van der Waals surface area contributed by atoms with Crippen molar-refractivity contribution in [2.45, 2.75) is 45.6 Å². The summed E-state index contributed by atoms with van der Waals surface area (Å²) in [5, 5.41) is 0. The molecule has 0 amide bonds. The fourth-order valence-corrected chi connectivity index (χ4v) is 2.89. The molecule has 1 aromatic carbocycles. The molecule has 19 heavy (non-hydrogen) atoms. The SMILES string of the molecule is COc1ccc(N(C)C2CCC(=O)CC2)c(C)c1C. The van der Waals surface area contributed by atoms with E-state index in [-0.39, 0.29) is 0 Å². The summed E-state index contributed by atoms with van der Waals surface area (Å²) < 4.78 is 5.36.